The second-order valence-corrected chi connectivity index (χ2v) is 5.78. The molecule has 0 spiro atoms. The lowest BCUT2D eigenvalue weighted by Crippen LogP contribution is -2.16. The first-order valence-electron chi connectivity index (χ1n) is 7.67. The van der Waals surface area contributed by atoms with Crippen LogP contribution >= 0.6 is 0 Å². The molecule has 3 rings (SSSR count). The lowest BCUT2D eigenvalue weighted by molar-refractivity contribution is 0.102. The molecule has 1 aliphatic rings. The van der Waals surface area contributed by atoms with Gasteiger partial charge < -0.3 is 10.1 Å². The molecule has 0 bridgehead atoms. The van der Waals surface area contributed by atoms with Crippen molar-refractivity contribution in [2.75, 3.05) is 11.9 Å². The lowest BCUT2D eigenvalue weighted by Gasteiger charge is -2.09. The van der Waals surface area contributed by atoms with Crippen molar-refractivity contribution in [3.8, 4) is 0 Å². The Balaban J connectivity index is 1.85. The van der Waals surface area contributed by atoms with Gasteiger partial charge in [-0.2, -0.15) is 0 Å². The normalized spacial score (nSPS) is 16.8. The molecule has 5 nitrogen and oxygen atoms in total. The maximum Gasteiger partial charge on any atom is 0.255 e. The van der Waals surface area contributed by atoms with Crippen molar-refractivity contribution in [1.82, 2.24) is 4.98 Å². The van der Waals surface area contributed by atoms with Crippen LogP contribution in [0.2, 0.25) is 0 Å². The molecule has 2 heterocycles. The minimum absolute atomic E-state index is 0.129. The molecule has 0 saturated heterocycles. The molecule has 1 N–H and O–H groups in total. The number of carbonyl (C=O) groups excluding carboxylic acids is 1. The van der Waals surface area contributed by atoms with Crippen molar-refractivity contribution >= 4 is 17.5 Å². The van der Waals surface area contributed by atoms with E-state index in [9.17, 15) is 4.79 Å². The second kappa shape index (κ2) is 6.60. The second-order valence-electron chi connectivity index (χ2n) is 5.78. The number of nitrogens with one attached hydrogen (secondary N) is 1. The number of aromatic nitrogens is 1. The van der Waals surface area contributed by atoms with Crippen LogP contribution in [-0.2, 0) is 4.74 Å². The number of amides is 1. The summed E-state index contributed by atoms with van der Waals surface area (Å²) < 4.78 is 5.68. The highest BCUT2D eigenvalue weighted by molar-refractivity contribution is 6.08. The zero-order valence-corrected chi connectivity index (χ0v) is 13.2. The first-order valence-corrected chi connectivity index (χ1v) is 7.67. The van der Waals surface area contributed by atoms with Crippen molar-refractivity contribution in [2.24, 2.45) is 10.9 Å². The SMILES string of the molecule is CC(C)[C@H]1COC(c2ncccc2NC(=O)c2ccccc2)=N1. The number of benzene rings is 1. The van der Waals surface area contributed by atoms with E-state index in [2.05, 4.69) is 29.1 Å². The predicted octanol–water partition coefficient (Wildman–Crippen LogP) is 3.14. The van der Waals surface area contributed by atoms with Gasteiger partial charge in [-0.25, -0.2) is 9.98 Å². The van der Waals surface area contributed by atoms with Gasteiger partial charge in [0.2, 0.25) is 5.90 Å². The molecule has 1 aromatic heterocycles. The first-order chi connectivity index (χ1) is 11.1. The predicted molar refractivity (Wildman–Crippen MR) is 89.7 cm³/mol. The van der Waals surface area contributed by atoms with E-state index >= 15 is 0 Å². The van der Waals surface area contributed by atoms with Gasteiger partial charge in [0.25, 0.3) is 5.91 Å². The van der Waals surface area contributed by atoms with Gasteiger partial charge in [-0.05, 0) is 30.2 Å². The Hall–Kier alpha value is -2.69. The maximum absolute atomic E-state index is 12.3. The van der Waals surface area contributed by atoms with Crippen LogP contribution in [-0.4, -0.2) is 29.4 Å². The Bertz CT molecular complexity index is 726. The molecule has 0 saturated carbocycles. The Morgan fingerprint density at radius 1 is 1.22 bits per heavy atom. The van der Waals surface area contributed by atoms with Crippen LogP contribution in [0.25, 0.3) is 0 Å². The third kappa shape index (κ3) is 3.39. The Kier molecular flexibility index (Phi) is 4.37. The van der Waals surface area contributed by atoms with Crippen LogP contribution in [0, 0.1) is 5.92 Å². The van der Waals surface area contributed by atoms with Gasteiger partial charge in [-0.15, -0.1) is 0 Å². The molecule has 0 fully saturated rings. The van der Waals surface area contributed by atoms with E-state index in [1.54, 1.807) is 30.5 Å². The summed E-state index contributed by atoms with van der Waals surface area (Å²) in [7, 11) is 0. The molecular weight excluding hydrogens is 290 g/mol. The van der Waals surface area contributed by atoms with Gasteiger partial charge in [-0.3, -0.25) is 4.79 Å². The molecule has 23 heavy (non-hydrogen) atoms. The van der Waals surface area contributed by atoms with Crippen molar-refractivity contribution in [3.05, 3.63) is 59.9 Å². The van der Waals surface area contributed by atoms with Gasteiger partial charge >= 0.3 is 0 Å². The lowest BCUT2D eigenvalue weighted by atomic mass is 10.1. The summed E-state index contributed by atoms with van der Waals surface area (Å²) in [6.45, 7) is 4.77. The van der Waals surface area contributed by atoms with Gasteiger partial charge in [-0.1, -0.05) is 32.0 Å². The van der Waals surface area contributed by atoms with E-state index in [1.807, 2.05) is 18.2 Å². The molecule has 1 atom stereocenters. The minimum Gasteiger partial charge on any atom is -0.474 e. The summed E-state index contributed by atoms with van der Waals surface area (Å²) in [6, 6.07) is 12.8. The van der Waals surface area contributed by atoms with E-state index in [1.165, 1.54) is 0 Å². The van der Waals surface area contributed by atoms with E-state index in [0.717, 1.165) is 0 Å². The van der Waals surface area contributed by atoms with Gasteiger partial charge in [0.1, 0.15) is 12.3 Å². The van der Waals surface area contributed by atoms with Crippen LogP contribution in [0.5, 0.6) is 0 Å². The summed E-state index contributed by atoms with van der Waals surface area (Å²) >= 11 is 0. The number of ether oxygens (including phenoxy) is 1. The fraction of sp³-hybridized carbons (Fsp3) is 0.278. The molecule has 118 valence electrons. The Morgan fingerprint density at radius 3 is 2.70 bits per heavy atom. The Labute approximate surface area is 135 Å². The molecule has 2 aromatic rings. The molecule has 1 aromatic carbocycles. The number of pyridine rings is 1. The van der Waals surface area contributed by atoms with E-state index in [0.29, 0.717) is 35.4 Å². The third-order valence-electron chi connectivity index (χ3n) is 3.74. The minimum atomic E-state index is -0.182. The molecule has 5 heteroatoms. The number of nitrogens with zero attached hydrogens (tertiary/aromatic N) is 2. The molecule has 1 amide bonds. The highest BCUT2D eigenvalue weighted by atomic mass is 16.5. The average Bonchev–Trinajstić information content (AvgIpc) is 3.06. The van der Waals surface area contributed by atoms with Crippen LogP contribution in [0.15, 0.2) is 53.7 Å². The van der Waals surface area contributed by atoms with Crippen molar-refractivity contribution in [1.29, 1.82) is 0 Å². The quantitative estimate of drug-likeness (QED) is 0.943. The summed E-state index contributed by atoms with van der Waals surface area (Å²) in [5.41, 5.74) is 1.76. The van der Waals surface area contributed by atoms with Crippen LogP contribution < -0.4 is 5.32 Å². The molecule has 0 radical (unpaired) electrons. The fourth-order valence-corrected chi connectivity index (χ4v) is 2.32. The first kappa shape index (κ1) is 15.2. The largest absolute Gasteiger partial charge is 0.474 e. The number of rotatable bonds is 4. The molecule has 0 unspecified atom stereocenters. The Morgan fingerprint density at radius 2 is 2.00 bits per heavy atom. The number of aliphatic imine (C=N–C) groups is 1. The number of anilines is 1. The zero-order chi connectivity index (χ0) is 16.2. The van der Waals surface area contributed by atoms with Crippen molar-refractivity contribution in [2.45, 2.75) is 19.9 Å². The summed E-state index contributed by atoms with van der Waals surface area (Å²) in [5.74, 6) is 0.713. The third-order valence-corrected chi connectivity index (χ3v) is 3.74. The molecule has 0 aliphatic carbocycles. The van der Waals surface area contributed by atoms with E-state index < -0.39 is 0 Å². The zero-order valence-electron chi connectivity index (χ0n) is 13.2. The molecular formula is C18H19N3O2. The molecule has 1 aliphatic heterocycles. The average molecular weight is 309 g/mol. The van der Waals surface area contributed by atoms with Crippen LogP contribution in [0.4, 0.5) is 5.69 Å². The number of hydrogen-bond donors (Lipinski definition) is 1. The highest BCUT2D eigenvalue weighted by Crippen LogP contribution is 2.21. The smallest absolute Gasteiger partial charge is 0.255 e. The summed E-state index contributed by atoms with van der Waals surface area (Å²) in [4.78, 5) is 21.2. The maximum atomic E-state index is 12.3. The summed E-state index contributed by atoms with van der Waals surface area (Å²) in [6.07, 6.45) is 1.67. The van der Waals surface area contributed by atoms with Gasteiger partial charge in [0, 0.05) is 11.8 Å². The topological polar surface area (TPSA) is 63.6 Å². The van der Waals surface area contributed by atoms with Gasteiger partial charge in [0.05, 0.1) is 11.7 Å². The monoisotopic (exact) mass is 309 g/mol. The fourth-order valence-electron chi connectivity index (χ4n) is 2.32. The van der Waals surface area contributed by atoms with Crippen LogP contribution in [0.3, 0.4) is 0 Å². The number of hydrogen-bond acceptors (Lipinski definition) is 4. The summed E-state index contributed by atoms with van der Waals surface area (Å²) in [5, 5.41) is 2.89. The van der Waals surface area contributed by atoms with E-state index in [-0.39, 0.29) is 11.9 Å². The van der Waals surface area contributed by atoms with Crippen molar-refractivity contribution < 1.29 is 9.53 Å². The van der Waals surface area contributed by atoms with Crippen LogP contribution in [0.1, 0.15) is 29.9 Å². The highest BCUT2D eigenvalue weighted by Gasteiger charge is 2.25. The standard InChI is InChI=1S/C18H19N3O2/c1-12(2)15-11-23-18(21-15)16-14(9-6-10-19-16)20-17(22)13-7-4-3-5-8-13/h3-10,12,15H,11H2,1-2H3,(H,20,22)/t15-/m1/s1. The van der Waals surface area contributed by atoms with E-state index in [4.69, 9.17) is 4.74 Å². The van der Waals surface area contributed by atoms with Gasteiger partial charge in [0.15, 0.2) is 0 Å². The number of carbonyl (C=O) groups is 1. The van der Waals surface area contributed by atoms with Crippen molar-refractivity contribution in [3.63, 3.8) is 0 Å².